The Kier molecular flexibility index (Phi) is 5.21. The maximum atomic E-state index is 5.74. The number of aryl methyl sites for hydroxylation is 1. The molecule has 4 nitrogen and oxygen atoms in total. The fourth-order valence-corrected chi connectivity index (χ4v) is 3.63. The zero-order valence-corrected chi connectivity index (χ0v) is 14.6. The van der Waals surface area contributed by atoms with Crippen LogP contribution in [-0.2, 0) is 4.74 Å². The third-order valence-corrected chi connectivity index (χ3v) is 5.05. The molecule has 1 aliphatic heterocycles. The number of nitrogens with one attached hydrogen (secondary N) is 1. The predicted octanol–water partition coefficient (Wildman–Crippen LogP) is 2.93. The number of piperidine rings is 1. The van der Waals surface area contributed by atoms with Crippen molar-refractivity contribution < 1.29 is 4.74 Å². The number of hydrogen-bond donors (Lipinski definition) is 1. The minimum atomic E-state index is 0.426. The molecule has 0 aromatic heterocycles. The number of benzene rings is 1. The van der Waals surface area contributed by atoms with Crippen LogP contribution in [0, 0.1) is 6.92 Å². The smallest absolute Gasteiger partial charge is 0.193 e. The normalized spacial score (nSPS) is 25.5. The van der Waals surface area contributed by atoms with Crippen LogP contribution in [0.1, 0.15) is 43.2 Å². The van der Waals surface area contributed by atoms with Gasteiger partial charge in [0.1, 0.15) is 0 Å². The Morgan fingerprint density at radius 2 is 2.04 bits per heavy atom. The van der Waals surface area contributed by atoms with E-state index in [0.717, 1.165) is 38.5 Å². The summed E-state index contributed by atoms with van der Waals surface area (Å²) in [5.41, 5.74) is 2.88. The fraction of sp³-hybridized carbons (Fsp3) is 0.632. The lowest BCUT2D eigenvalue weighted by molar-refractivity contribution is 0.0263. The van der Waals surface area contributed by atoms with E-state index in [-0.39, 0.29) is 0 Å². The summed E-state index contributed by atoms with van der Waals surface area (Å²) in [5, 5.41) is 3.67. The lowest BCUT2D eigenvalue weighted by atomic mass is 10.0. The van der Waals surface area contributed by atoms with Gasteiger partial charge in [-0.1, -0.05) is 24.3 Å². The highest BCUT2D eigenvalue weighted by molar-refractivity contribution is 5.80. The summed E-state index contributed by atoms with van der Waals surface area (Å²) in [6.07, 6.45) is 3.83. The van der Waals surface area contributed by atoms with Crippen LogP contribution in [0.3, 0.4) is 0 Å². The number of aliphatic imine (C=N–C) groups is 1. The monoisotopic (exact) mass is 315 g/mol. The molecule has 2 fully saturated rings. The fourth-order valence-electron chi connectivity index (χ4n) is 3.63. The molecule has 1 saturated carbocycles. The Bertz CT molecular complexity index is 549. The molecule has 1 aromatic carbocycles. The summed E-state index contributed by atoms with van der Waals surface area (Å²) in [5.74, 6) is 1.69. The van der Waals surface area contributed by atoms with Gasteiger partial charge in [-0.15, -0.1) is 0 Å². The Morgan fingerprint density at radius 1 is 1.30 bits per heavy atom. The third-order valence-electron chi connectivity index (χ3n) is 5.05. The zero-order valence-electron chi connectivity index (χ0n) is 14.6. The van der Waals surface area contributed by atoms with Crippen LogP contribution in [0.2, 0.25) is 0 Å². The molecular formula is C19H29N3O. The first-order valence-corrected chi connectivity index (χ1v) is 8.88. The van der Waals surface area contributed by atoms with Crippen molar-refractivity contribution in [2.45, 2.75) is 51.2 Å². The van der Waals surface area contributed by atoms with Gasteiger partial charge in [0.25, 0.3) is 0 Å². The lowest BCUT2D eigenvalue weighted by Crippen LogP contribution is -2.47. The second-order valence-corrected chi connectivity index (χ2v) is 6.64. The Hall–Kier alpha value is -1.55. The van der Waals surface area contributed by atoms with Crippen molar-refractivity contribution in [3.05, 3.63) is 35.4 Å². The van der Waals surface area contributed by atoms with E-state index in [1.54, 1.807) is 0 Å². The summed E-state index contributed by atoms with van der Waals surface area (Å²) < 4.78 is 5.74. The van der Waals surface area contributed by atoms with E-state index >= 15 is 0 Å². The zero-order chi connectivity index (χ0) is 16.2. The van der Waals surface area contributed by atoms with Crippen molar-refractivity contribution in [3.63, 3.8) is 0 Å². The number of hydrogen-bond acceptors (Lipinski definition) is 2. The molecule has 1 N–H and O–H groups in total. The quantitative estimate of drug-likeness (QED) is 0.685. The van der Waals surface area contributed by atoms with Crippen molar-refractivity contribution >= 4 is 5.96 Å². The van der Waals surface area contributed by atoms with Gasteiger partial charge in [-0.05, 0) is 44.2 Å². The van der Waals surface area contributed by atoms with Gasteiger partial charge in [-0.25, -0.2) is 0 Å². The van der Waals surface area contributed by atoms with Gasteiger partial charge < -0.3 is 15.0 Å². The molecule has 2 unspecified atom stereocenters. The topological polar surface area (TPSA) is 36.9 Å². The number of ether oxygens (including phenoxy) is 1. The third kappa shape index (κ3) is 3.86. The van der Waals surface area contributed by atoms with E-state index in [1.807, 2.05) is 7.05 Å². The van der Waals surface area contributed by atoms with Crippen molar-refractivity contribution in [2.24, 2.45) is 4.99 Å². The molecule has 3 rings (SSSR count). The summed E-state index contributed by atoms with van der Waals surface area (Å²) in [4.78, 5) is 6.88. The van der Waals surface area contributed by atoms with Crippen LogP contribution in [0.15, 0.2) is 29.3 Å². The number of nitrogens with zero attached hydrogens (tertiary/aromatic N) is 2. The molecule has 1 saturated heterocycles. The highest BCUT2D eigenvalue weighted by Gasteiger charge is 2.40. The second-order valence-electron chi connectivity index (χ2n) is 6.64. The van der Waals surface area contributed by atoms with Crippen LogP contribution in [0.25, 0.3) is 0 Å². The van der Waals surface area contributed by atoms with Crippen molar-refractivity contribution in [1.29, 1.82) is 0 Å². The second kappa shape index (κ2) is 7.35. The van der Waals surface area contributed by atoms with Crippen LogP contribution >= 0.6 is 0 Å². The maximum Gasteiger partial charge on any atom is 0.193 e. The van der Waals surface area contributed by atoms with Crippen molar-refractivity contribution in [3.8, 4) is 0 Å². The van der Waals surface area contributed by atoms with Gasteiger partial charge in [0, 0.05) is 38.7 Å². The molecule has 0 radical (unpaired) electrons. The van der Waals surface area contributed by atoms with Gasteiger partial charge in [-0.3, -0.25) is 4.99 Å². The molecule has 0 spiro atoms. The summed E-state index contributed by atoms with van der Waals surface area (Å²) in [6, 6.07) is 9.26. The van der Waals surface area contributed by atoms with Gasteiger partial charge in [0.15, 0.2) is 5.96 Å². The summed E-state index contributed by atoms with van der Waals surface area (Å²) in [7, 11) is 1.89. The summed E-state index contributed by atoms with van der Waals surface area (Å²) >= 11 is 0. The molecule has 0 amide bonds. The van der Waals surface area contributed by atoms with Crippen molar-refractivity contribution in [1.82, 2.24) is 10.2 Å². The first kappa shape index (κ1) is 16.3. The van der Waals surface area contributed by atoms with E-state index in [2.05, 4.69) is 53.3 Å². The lowest BCUT2D eigenvalue weighted by Gasteiger charge is -2.34. The molecule has 2 atom stereocenters. The van der Waals surface area contributed by atoms with E-state index in [1.165, 1.54) is 17.5 Å². The molecule has 23 heavy (non-hydrogen) atoms. The molecule has 1 aromatic rings. The highest BCUT2D eigenvalue weighted by Crippen LogP contribution is 2.42. The van der Waals surface area contributed by atoms with Gasteiger partial charge in [-0.2, -0.15) is 0 Å². The van der Waals surface area contributed by atoms with Crippen molar-refractivity contribution in [2.75, 3.05) is 26.7 Å². The number of guanidine groups is 1. The molecule has 4 heteroatoms. The number of rotatable bonds is 4. The van der Waals surface area contributed by atoms with E-state index in [0.29, 0.717) is 18.1 Å². The van der Waals surface area contributed by atoms with E-state index in [9.17, 15) is 0 Å². The SMILES string of the molecule is CCOC1CCN(C(=NC)NC2CC2c2ccccc2C)CC1. The van der Waals surface area contributed by atoms with Crippen LogP contribution in [0.5, 0.6) is 0 Å². The molecule has 1 heterocycles. The van der Waals surface area contributed by atoms with Crippen LogP contribution in [-0.4, -0.2) is 49.7 Å². The number of likely N-dealkylation sites (tertiary alicyclic amines) is 1. The Labute approximate surface area is 139 Å². The van der Waals surface area contributed by atoms with E-state index in [4.69, 9.17) is 4.74 Å². The minimum Gasteiger partial charge on any atom is -0.378 e. The van der Waals surface area contributed by atoms with Gasteiger partial charge in [0.2, 0.25) is 0 Å². The predicted molar refractivity (Wildman–Crippen MR) is 95.0 cm³/mol. The van der Waals surface area contributed by atoms with Crippen LogP contribution in [0.4, 0.5) is 0 Å². The maximum absolute atomic E-state index is 5.74. The Morgan fingerprint density at radius 3 is 2.70 bits per heavy atom. The standard InChI is InChI=1S/C19H29N3O/c1-4-23-15-9-11-22(12-10-15)19(20-3)21-18-13-17(18)16-8-6-5-7-14(16)2/h5-8,15,17-18H,4,9-13H2,1-3H3,(H,20,21). The average Bonchev–Trinajstić information content (AvgIpc) is 3.33. The molecule has 1 aliphatic carbocycles. The average molecular weight is 315 g/mol. The first-order valence-electron chi connectivity index (χ1n) is 8.88. The van der Waals surface area contributed by atoms with Gasteiger partial charge in [0.05, 0.1) is 6.10 Å². The van der Waals surface area contributed by atoms with Crippen LogP contribution < -0.4 is 5.32 Å². The molecular weight excluding hydrogens is 286 g/mol. The largest absolute Gasteiger partial charge is 0.378 e. The first-order chi connectivity index (χ1) is 11.2. The van der Waals surface area contributed by atoms with E-state index < -0.39 is 0 Å². The Balaban J connectivity index is 1.53. The minimum absolute atomic E-state index is 0.426. The summed E-state index contributed by atoms with van der Waals surface area (Å²) in [6.45, 7) is 7.17. The molecule has 0 bridgehead atoms. The van der Waals surface area contributed by atoms with Gasteiger partial charge >= 0.3 is 0 Å². The molecule has 2 aliphatic rings. The molecule has 126 valence electrons. The highest BCUT2D eigenvalue weighted by atomic mass is 16.5.